The Balaban J connectivity index is 1.79. The van der Waals surface area contributed by atoms with Gasteiger partial charge in [-0.15, -0.1) is 0 Å². The van der Waals surface area contributed by atoms with Gasteiger partial charge in [-0.1, -0.05) is 23.8 Å². The topological polar surface area (TPSA) is 101 Å². The lowest BCUT2D eigenvalue weighted by Crippen LogP contribution is -2.53. The smallest absolute Gasteiger partial charge is 0.261 e. The fraction of sp³-hybridized carbons (Fsp3) is 0.350. The second-order valence-electron chi connectivity index (χ2n) is 7.35. The molecule has 1 aliphatic carbocycles. The lowest BCUT2D eigenvalue weighted by Gasteiger charge is -2.29. The number of anilines is 1. The van der Waals surface area contributed by atoms with E-state index in [1.54, 1.807) is 24.3 Å². The minimum Gasteiger partial charge on any atom is -0.345 e. The van der Waals surface area contributed by atoms with Gasteiger partial charge in [-0.25, -0.2) is 8.42 Å². The predicted molar refractivity (Wildman–Crippen MR) is 106 cm³/mol. The third-order valence-electron chi connectivity index (χ3n) is 5.01. The summed E-state index contributed by atoms with van der Waals surface area (Å²) in [4.78, 5) is 12.7. The van der Waals surface area contributed by atoms with Crippen LogP contribution in [0, 0.1) is 12.8 Å². The third-order valence-corrected chi connectivity index (χ3v) is 6.39. The highest BCUT2D eigenvalue weighted by molar-refractivity contribution is 7.92. The number of amides is 1. The molecule has 1 unspecified atom stereocenters. The standard InChI is InChI=1S/C20H25N3O3S/c1-14-6-10-17(11-7-14)23-27(25,26)18-5-3-4-15(12-18)19(24)22-20(2,13-21)16-8-9-16/h3-7,10-12,16,23H,8-9,13,21H2,1-2H3,(H,22,24). The average Bonchev–Trinajstić information content (AvgIpc) is 3.49. The first-order chi connectivity index (χ1) is 12.7. The zero-order valence-corrected chi connectivity index (χ0v) is 16.3. The van der Waals surface area contributed by atoms with Gasteiger partial charge in [0.05, 0.1) is 10.4 Å². The van der Waals surface area contributed by atoms with Crippen LogP contribution in [0.5, 0.6) is 0 Å². The molecule has 1 fully saturated rings. The van der Waals surface area contributed by atoms with Crippen LogP contribution in [-0.2, 0) is 10.0 Å². The first kappa shape index (κ1) is 19.4. The first-order valence-electron chi connectivity index (χ1n) is 8.96. The van der Waals surface area contributed by atoms with Gasteiger partial charge < -0.3 is 11.1 Å². The molecule has 27 heavy (non-hydrogen) atoms. The average molecular weight is 388 g/mol. The first-order valence-corrected chi connectivity index (χ1v) is 10.4. The van der Waals surface area contributed by atoms with Crippen molar-refractivity contribution >= 4 is 21.6 Å². The molecule has 0 bridgehead atoms. The molecule has 2 aromatic rings. The number of hydrogen-bond acceptors (Lipinski definition) is 4. The van der Waals surface area contributed by atoms with Crippen LogP contribution in [0.15, 0.2) is 53.4 Å². The second kappa shape index (κ2) is 7.32. The number of nitrogens with one attached hydrogen (secondary N) is 2. The summed E-state index contributed by atoms with van der Waals surface area (Å²) in [6.45, 7) is 4.20. The zero-order chi connectivity index (χ0) is 19.7. The lowest BCUT2D eigenvalue weighted by atomic mass is 9.95. The van der Waals surface area contributed by atoms with Crippen molar-refractivity contribution in [1.82, 2.24) is 5.32 Å². The number of carbonyl (C=O) groups is 1. The van der Waals surface area contributed by atoms with Gasteiger partial charge in [0.2, 0.25) is 0 Å². The number of carbonyl (C=O) groups excluding carboxylic acids is 1. The zero-order valence-electron chi connectivity index (χ0n) is 15.5. The molecule has 1 amide bonds. The van der Waals surface area contributed by atoms with Gasteiger partial charge in [0.25, 0.3) is 15.9 Å². The number of rotatable bonds is 7. The second-order valence-corrected chi connectivity index (χ2v) is 9.03. The van der Waals surface area contributed by atoms with Crippen molar-refractivity contribution < 1.29 is 13.2 Å². The van der Waals surface area contributed by atoms with Crippen molar-refractivity contribution in [2.24, 2.45) is 11.7 Å². The molecule has 0 aromatic heterocycles. The molecule has 3 rings (SSSR count). The van der Waals surface area contributed by atoms with Crippen LogP contribution >= 0.6 is 0 Å². The van der Waals surface area contributed by atoms with Crippen LogP contribution in [0.2, 0.25) is 0 Å². The summed E-state index contributed by atoms with van der Waals surface area (Å²) in [5.41, 5.74) is 7.19. The molecule has 0 saturated heterocycles. The fourth-order valence-corrected chi connectivity index (χ4v) is 4.12. The van der Waals surface area contributed by atoms with Crippen molar-refractivity contribution in [3.8, 4) is 0 Å². The minimum atomic E-state index is -3.79. The van der Waals surface area contributed by atoms with E-state index in [0.717, 1.165) is 18.4 Å². The van der Waals surface area contributed by atoms with Gasteiger partial charge >= 0.3 is 0 Å². The van der Waals surface area contributed by atoms with Gasteiger partial charge in [0, 0.05) is 17.8 Å². The summed E-state index contributed by atoms with van der Waals surface area (Å²) in [6, 6.07) is 13.1. The molecule has 1 saturated carbocycles. The van der Waals surface area contributed by atoms with E-state index >= 15 is 0 Å². The number of benzene rings is 2. The molecule has 144 valence electrons. The molecule has 0 radical (unpaired) electrons. The molecule has 2 aromatic carbocycles. The molecular weight excluding hydrogens is 362 g/mol. The Morgan fingerprint density at radius 2 is 1.85 bits per heavy atom. The number of hydrogen-bond donors (Lipinski definition) is 3. The van der Waals surface area contributed by atoms with Crippen LogP contribution in [0.1, 0.15) is 35.7 Å². The van der Waals surface area contributed by atoms with E-state index < -0.39 is 15.6 Å². The maximum Gasteiger partial charge on any atom is 0.261 e. The van der Waals surface area contributed by atoms with Gasteiger partial charge in [-0.2, -0.15) is 0 Å². The van der Waals surface area contributed by atoms with Crippen molar-refractivity contribution in [2.75, 3.05) is 11.3 Å². The summed E-state index contributed by atoms with van der Waals surface area (Å²) >= 11 is 0. The van der Waals surface area contributed by atoms with E-state index in [-0.39, 0.29) is 10.8 Å². The van der Waals surface area contributed by atoms with Crippen LogP contribution in [0.25, 0.3) is 0 Å². The van der Waals surface area contributed by atoms with Gasteiger partial charge in [0.15, 0.2) is 0 Å². The Hall–Kier alpha value is -2.38. The lowest BCUT2D eigenvalue weighted by molar-refractivity contribution is 0.0897. The normalized spacial score (nSPS) is 16.4. The molecule has 6 nitrogen and oxygen atoms in total. The summed E-state index contributed by atoms with van der Waals surface area (Å²) in [6.07, 6.45) is 2.09. The quantitative estimate of drug-likeness (QED) is 0.680. The fourth-order valence-electron chi connectivity index (χ4n) is 3.01. The summed E-state index contributed by atoms with van der Waals surface area (Å²) in [5.74, 6) is 0.0591. The summed E-state index contributed by atoms with van der Waals surface area (Å²) in [7, 11) is -3.79. The predicted octanol–water partition coefficient (Wildman–Crippen LogP) is 2.65. The highest BCUT2D eigenvalue weighted by atomic mass is 32.2. The van der Waals surface area contributed by atoms with Gasteiger partial charge in [-0.3, -0.25) is 9.52 Å². The highest BCUT2D eigenvalue weighted by Gasteiger charge is 2.41. The maximum atomic E-state index is 12.7. The van der Waals surface area contributed by atoms with Gasteiger partial charge in [0.1, 0.15) is 0 Å². The molecule has 0 aliphatic heterocycles. The largest absolute Gasteiger partial charge is 0.345 e. The van der Waals surface area contributed by atoms with Crippen LogP contribution in [0.3, 0.4) is 0 Å². The van der Waals surface area contributed by atoms with Crippen molar-refractivity contribution in [1.29, 1.82) is 0 Å². The maximum absolute atomic E-state index is 12.7. The molecular formula is C20H25N3O3S. The van der Waals surface area contributed by atoms with E-state index in [1.807, 2.05) is 26.0 Å². The van der Waals surface area contributed by atoms with E-state index in [9.17, 15) is 13.2 Å². The molecule has 4 N–H and O–H groups in total. The Morgan fingerprint density at radius 3 is 2.44 bits per heavy atom. The Kier molecular flexibility index (Phi) is 5.26. The Bertz CT molecular complexity index is 937. The highest BCUT2D eigenvalue weighted by Crippen LogP contribution is 2.39. The van der Waals surface area contributed by atoms with E-state index in [1.165, 1.54) is 12.1 Å². The molecule has 0 spiro atoms. The van der Waals surface area contributed by atoms with Crippen molar-refractivity contribution in [2.45, 2.75) is 37.1 Å². The van der Waals surface area contributed by atoms with Crippen LogP contribution in [-0.4, -0.2) is 26.4 Å². The summed E-state index contributed by atoms with van der Waals surface area (Å²) in [5, 5.41) is 2.98. The monoisotopic (exact) mass is 387 g/mol. The van der Waals surface area contributed by atoms with E-state index in [2.05, 4.69) is 10.0 Å². The van der Waals surface area contributed by atoms with Crippen LogP contribution < -0.4 is 15.8 Å². The minimum absolute atomic E-state index is 0.0385. The summed E-state index contributed by atoms with van der Waals surface area (Å²) < 4.78 is 27.9. The van der Waals surface area contributed by atoms with Crippen LogP contribution in [0.4, 0.5) is 5.69 Å². The molecule has 1 aliphatic rings. The van der Waals surface area contributed by atoms with E-state index in [0.29, 0.717) is 23.7 Å². The van der Waals surface area contributed by atoms with E-state index in [4.69, 9.17) is 5.73 Å². The van der Waals surface area contributed by atoms with Crippen molar-refractivity contribution in [3.63, 3.8) is 0 Å². The molecule has 0 heterocycles. The van der Waals surface area contributed by atoms with Crippen molar-refractivity contribution in [3.05, 3.63) is 59.7 Å². The Morgan fingerprint density at radius 1 is 1.19 bits per heavy atom. The molecule has 1 atom stereocenters. The number of aryl methyl sites for hydroxylation is 1. The number of nitrogens with two attached hydrogens (primary N) is 1. The van der Waals surface area contributed by atoms with Gasteiger partial charge in [-0.05, 0) is 62.9 Å². The Labute approximate surface area is 160 Å². The third kappa shape index (κ3) is 4.48. The number of sulfonamides is 1. The molecule has 7 heteroatoms. The SMILES string of the molecule is Cc1ccc(NS(=O)(=O)c2cccc(C(=O)NC(C)(CN)C3CC3)c2)cc1.